The Morgan fingerprint density at radius 1 is 0.347 bits per heavy atom. The van der Waals surface area contributed by atoms with Crippen LogP contribution in [-0.2, 0) is 0 Å². The number of hydrogen-bond donors (Lipinski definition) is 0. The molecule has 0 unspecified atom stereocenters. The van der Waals surface area contributed by atoms with Gasteiger partial charge in [-0.25, -0.2) is 9.97 Å². The molecule has 0 amide bonds. The Labute approximate surface area is 283 Å². The molecule has 8 aromatic carbocycles. The van der Waals surface area contributed by atoms with Crippen LogP contribution in [0.25, 0.3) is 93.7 Å². The molecule has 0 fully saturated rings. The van der Waals surface area contributed by atoms with Gasteiger partial charge in [-0.05, 0) is 68.7 Å². The van der Waals surface area contributed by atoms with Crippen LogP contribution in [0.5, 0.6) is 0 Å². The maximum atomic E-state index is 5.17. The van der Waals surface area contributed by atoms with Crippen molar-refractivity contribution in [1.82, 2.24) is 14.5 Å². The van der Waals surface area contributed by atoms with E-state index in [1.165, 1.54) is 54.1 Å². The molecule has 0 spiro atoms. The van der Waals surface area contributed by atoms with Gasteiger partial charge in [0.25, 0.3) is 0 Å². The zero-order chi connectivity index (χ0) is 32.3. The molecule has 0 aliphatic rings. The van der Waals surface area contributed by atoms with Gasteiger partial charge in [0.05, 0.1) is 22.4 Å². The predicted molar refractivity (Wildman–Crippen MR) is 205 cm³/mol. The average Bonchev–Trinajstić information content (AvgIpc) is 3.53. The van der Waals surface area contributed by atoms with Crippen LogP contribution in [0.4, 0.5) is 0 Å². The van der Waals surface area contributed by atoms with Crippen LogP contribution in [0.1, 0.15) is 0 Å². The first kappa shape index (κ1) is 27.5. The van der Waals surface area contributed by atoms with Gasteiger partial charge in [0.15, 0.2) is 5.82 Å². The van der Waals surface area contributed by atoms with E-state index in [1.807, 2.05) is 18.2 Å². The van der Waals surface area contributed by atoms with Crippen molar-refractivity contribution in [2.45, 2.75) is 0 Å². The average molecular weight is 624 g/mol. The first-order valence-corrected chi connectivity index (χ1v) is 16.7. The maximum absolute atomic E-state index is 5.17. The van der Waals surface area contributed by atoms with E-state index < -0.39 is 0 Å². The van der Waals surface area contributed by atoms with Crippen molar-refractivity contribution < 1.29 is 0 Å². The molecule has 0 N–H and O–H groups in total. The summed E-state index contributed by atoms with van der Waals surface area (Å²) >= 11 is 0. The number of fused-ring (bicyclic) bond motifs is 8. The van der Waals surface area contributed by atoms with Crippen LogP contribution < -0.4 is 0 Å². The van der Waals surface area contributed by atoms with Gasteiger partial charge in [-0.15, -0.1) is 0 Å². The fourth-order valence-electron chi connectivity index (χ4n) is 7.44. The normalized spacial score (nSPS) is 11.7. The Balaban J connectivity index is 1.21. The third-order valence-electron chi connectivity index (χ3n) is 9.75. The lowest BCUT2D eigenvalue weighted by Gasteiger charge is -2.13. The summed E-state index contributed by atoms with van der Waals surface area (Å²) in [6.07, 6.45) is 0. The molecular formula is C46H29N3. The topological polar surface area (TPSA) is 30.7 Å². The molecule has 3 nitrogen and oxygen atoms in total. The maximum Gasteiger partial charge on any atom is 0.160 e. The first-order valence-electron chi connectivity index (χ1n) is 16.7. The van der Waals surface area contributed by atoms with Crippen molar-refractivity contribution in [3.63, 3.8) is 0 Å². The molecule has 0 aliphatic heterocycles. The SMILES string of the molecule is c1ccc(-c2nc(-c3cccc(-n4c5ccc6ccccc6c5c5c6ccccc6ccc54)c3)cc(-c3ccc4ccccc4c3)n2)cc1. The Kier molecular flexibility index (Phi) is 6.18. The number of aromatic nitrogens is 3. The van der Waals surface area contributed by atoms with E-state index in [2.05, 4.69) is 162 Å². The minimum absolute atomic E-state index is 0.710. The Hall–Kier alpha value is -6.58. The highest BCUT2D eigenvalue weighted by Gasteiger charge is 2.18. The summed E-state index contributed by atoms with van der Waals surface area (Å²) in [4.78, 5) is 10.3. The fourth-order valence-corrected chi connectivity index (χ4v) is 7.44. The first-order chi connectivity index (χ1) is 24.3. The van der Waals surface area contributed by atoms with Gasteiger partial charge in [-0.2, -0.15) is 0 Å². The number of benzene rings is 8. The van der Waals surface area contributed by atoms with Crippen LogP contribution in [0.15, 0.2) is 176 Å². The second-order valence-corrected chi connectivity index (χ2v) is 12.6. The highest BCUT2D eigenvalue weighted by molar-refractivity contribution is 6.28. The van der Waals surface area contributed by atoms with Crippen LogP contribution in [0.2, 0.25) is 0 Å². The third-order valence-corrected chi connectivity index (χ3v) is 9.75. The third kappa shape index (κ3) is 4.51. The summed E-state index contributed by atoms with van der Waals surface area (Å²) in [5.41, 5.74) is 8.34. The highest BCUT2D eigenvalue weighted by atomic mass is 15.0. The van der Waals surface area contributed by atoms with E-state index in [4.69, 9.17) is 9.97 Å². The van der Waals surface area contributed by atoms with Crippen LogP contribution in [0.3, 0.4) is 0 Å². The fraction of sp³-hybridized carbons (Fsp3) is 0. The van der Waals surface area contributed by atoms with Crippen molar-refractivity contribution in [3.05, 3.63) is 176 Å². The molecule has 10 aromatic rings. The van der Waals surface area contributed by atoms with Gasteiger partial charge in [-0.1, -0.05) is 140 Å². The molecule has 2 heterocycles. The molecule has 10 rings (SSSR count). The summed E-state index contributed by atoms with van der Waals surface area (Å²) in [7, 11) is 0. The second-order valence-electron chi connectivity index (χ2n) is 12.6. The molecule has 49 heavy (non-hydrogen) atoms. The standard InChI is InChI=1S/C46H29N3/c1-2-14-33(15-3-1)46-47-40(29-41(48-46)36-22-21-30-11-4-5-16-34(30)27-36)35-17-10-18-37(28-35)49-42-25-23-31-12-6-8-19-38(31)44(42)45-39-20-9-7-13-32(39)24-26-43(45)49/h1-29H. The zero-order valence-electron chi connectivity index (χ0n) is 26.6. The van der Waals surface area contributed by atoms with E-state index in [1.54, 1.807) is 0 Å². The molecular weight excluding hydrogens is 595 g/mol. The summed E-state index contributed by atoms with van der Waals surface area (Å²) in [6.45, 7) is 0. The molecule has 0 radical (unpaired) electrons. The minimum Gasteiger partial charge on any atom is -0.309 e. The number of rotatable bonds is 4. The molecule has 0 bridgehead atoms. The van der Waals surface area contributed by atoms with Crippen molar-refractivity contribution >= 4 is 54.1 Å². The molecule has 0 saturated carbocycles. The zero-order valence-corrected chi connectivity index (χ0v) is 26.6. The van der Waals surface area contributed by atoms with Crippen LogP contribution in [0, 0.1) is 0 Å². The second kappa shape index (κ2) is 11.0. The van der Waals surface area contributed by atoms with Crippen molar-refractivity contribution in [3.8, 4) is 39.6 Å². The largest absolute Gasteiger partial charge is 0.309 e. The van der Waals surface area contributed by atoms with Gasteiger partial charge in [0.2, 0.25) is 0 Å². The lowest BCUT2D eigenvalue weighted by Crippen LogP contribution is -1.98. The highest BCUT2D eigenvalue weighted by Crippen LogP contribution is 2.41. The van der Waals surface area contributed by atoms with Crippen molar-refractivity contribution in [1.29, 1.82) is 0 Å². The summed E-state index contributed by atoms with van der Waals surface area (Å²) in [5.74, 6) is 0.710. The Morgan fingerprint density at radius 2 is 0.878 bits per heavy atom. The van der Waals surface area contributed by atoms with Crippen molar-refractivity contribution in [2.75, 3.05) is 0 Å². The quantitative estimate of drug-likeness (QED) is 0.195. The lowest BCUT2D eigenvalue weighted by atomic mass is 10.00. The monoisotopic (exact) mass is 623 g/mol. The predicted octanol–water partition coefficient (Wildman–Crippen LogP) is 12.0. The summed E-state index contributed by atoms with van der Waals surface area (Å²) in [5, 5.41) is 9.97. The number of nitrogens with zero attached hydrogens (tertiary/aromatic N) is 3. The number of hydrogen-bond acceptors (Lipinski definition) is 2. The van der Waals surface area contributed by atoms with Gasteiger partial charge in [0.1, 0.15) is 0 Å². The lowest BCUT2D eigenvalue weighted by molar-refractivity contribution is 1.17. The van der Waals surface area contributed by atoms with Gasteiger partial charge >= 0.3 is 0 Å². The van der Waals surface area contributed by atoms with E-state index in [-0.39, 0.29) is 0 Å². The van der Waals surface area contributed by atoms with Gasteiger partial charge in [0, 0.05) is 33.2 Å². The molecule has 2 aromatic heterocycles. The molecule has 0 aliphatic carbocycles. The smallest absolute Gasteiger partial charge is 0.160 e. The van der Waals surface area contributed by atoms with Crippen LogP contribution >= 0.6 is 0 Å². The molecule has 0 saturated heterocycles. The van der Waals surface area contributed by atoms with E-state index in [0.29, 0.717) is 5.82 Å². The minimum atomic E-state index is 0.710. The molecule has 3 heteroatoms. The summed E-state index contributed by atoms with van der Waals surface area (Å²) in [6, 6.07) is 62.6. The Bertz CT molecular complexity index is 2790. The van der Waals surface area contributed by atoms with Gasteiger partial charge in [-0.3, -0.25) is 0 Å². The summed E-state index contributed by atoms with van der Waals surface area (Å²) < 4.78 is 2.41. The van der Waals surface area contributed by atoms with Crippen molar-refractivity contribution in [2.24, 2.45) is 0 Å². The van der Waals surface area contributed by atoms with Gasteiger partial charge < -0.3 is 4.57 Å². The van der Waals surface area contributed by atoms with E-state index in [0.717, 1.165) is 33.8 Å². The molecule has 0 atom stereocenters. The van der Waals surface area contributed by atoms with Crippen LogP contribution in [-0.4, -0.2) is 14.5 Å². The van der Waals surface area contributed by atoms with E-state index in [9.17, 15) is 0 Å². The van der Waals surface area contributed by atoms with E-state index >= 15 is 0 Å². The Morgan fingerprint density at radius 3 is 1.55 bits per heavy atom. The molecule has 228 valence electrons.